The molecule has 0 unspecified atom stereocenters. The summed E-state index contributed by atoms with van der Waals surface area (Å²) in [7, 11) is 0. The molecule has 76 valence electrons. The lowest BCUT2D eigenvalue weighted by molar-refractivity contribution is -0.114. The van der Waals surface area contributed by atoms with E-state index < -0.39 is 5.63 Å². The molecule has 2 rings (SSSR count). The average Bonchev–Trinajstić information content (AvgIpc) is 2.16. The van der Waals surface area contributed by atoms with Crippen LogP contribution in [0.5, 0.6) is 0 Å². The van der Waals surface area contributed by atoms with E-state index in [1.165, 1.54) is 6.92 Å². The zero-order valence-electron chi connectivity index (χ0n) is 8.11. The van der Waals surface area contributed by atoms with Gasteiger partial charge in [0.05, 0.1) is 5.39 Å². The van der Waals surface area contributed by atoms with E-state index in [-0.39, 0.29) is 11.8 Å². The number of fused-ring (bicyclic) bond motifs is 1. The molecule has 4 heteroatoms. The molecule has 0 saturated heterocycles. The minimum atomic E-state index is -0.447. The predicted molar refractivity (Wildman–Crippen MR) is 56.8 cm³/mol. The maximum atomic E-state index is 11.5. The van der Waals surface area contributed by atoms with Crippen molar-refractivity contribution in [3.8, 4) is 0 Å². The molecule has 0 aliphatic rings. The quantitative estimate of drug-likeness (QED) is 0.768. The number of nitrogens with one attached hydrogen (secondary N) is 1. The Labute approximate surface area is 85.5 Å². The molecule has 1 aromatic carbocycles. The summed E-state index contributed by atoms with van der Waals surface area (Å²) in [6.07, 6.45) is 0. The standard InChI is InChI=1S/C11H9NO3/c1-7(13)12-10-6-8-4-2-3-5-9(8)11(14)15-10/h2-6H,1H3,(H,12,13). The molecule has 1 amide bonds. The predicted octanol–water partition coefficient (Wildman–Crippen LogP) is 1.75. The van der Waals surface area contributed by atoms with Crippen LogP contribution in [0.3, 0.4) is 0 Å². The highest BCUT2D eigenvalue weighted by Crippen LogP contribution is 2.14. The van der Waals surface area contributed by atoms with Crippen molar-refractivity contribution in [2.75, 3.05) is 5.32 Å². The number of carbonyl (C=O) groups excluding carboxylic acids is 1. The Kier molecular flexibility index (Phi) is 2.25. The summed E-state index contributed by atoms with van der Waals surface area (Å²) in [5, 5.41) is 3.69. The van der Waals surface area contributed by atoms with E-state index in [1.54, 1.807) is 24.3 Å². The summed E-state index contributed by atoms with van der Waals surface area (Å²) in [5.41, 5.74) is -0.447. The van der Waals surface area contributed by atoms with Gasteiger partial charge in [-0.2, -0.15) is 0 Å². The first-order valence-electron chi connectivity index (χ1n) is 4.47. The normalized spacial score (nSPS) is 10.2. The molecular formula is C11H9NO3. The van der Waals surface area contributed by atoms with Crippen molar-refractivity contribution in [1.82, 2.24) is 0 Å². The Bertz CT molecular complexity index is 571. The van der Waals surface area contributed by atoms with Crippen molar-refractivity contribution in [2.45, 2.75) is 6.92 Å². The van der Waals surface area contributed by atoms with Crippen molar-refractivity contribution in [3.63, 3.8) is 0 Å². The van der Waals surface area contributed by atoms with E-state index in [2.05, 4.69) is 5.32 Å². The molecular weight excluding hydrogens is 194 g/mol. The lowest BCUT2D eigenvalue weighted by Crippen LogP contribution is -2.09. The largest absolute Gasteiger partial charge is 0.406 e. The van der Waals surface area contributed by atoms with Gasteiger partial charge < -0.3 is 4.42 Å². The highest BCUT2D eigenvalue weighted by Gasteiger charge is 2.04. The second-order valence-electron chi connectivity index (χ2n) is 3.17. The summed E-state index contributed by atoms with van der Waals surface area (Å²) in [5.74, 6) is -0.0976. The van der Waals surface area contributed by atoms with Gasteiger partial charge in [-0.1, -0.05) is 18.2 Å². The van der Waals surface area contributed by atoms with Gasteiger partial charge in [-0.3, -0.25) is 10.1 Å². The fraction of sp³-hybridized carbons (Fsp3) is 0.0909. The molecule has 15 heavy (non-hydrogen) atoms. The number of amides is 1. The van der Waals surface area contributed by atoms with Crippen LogP contribution in [0, 0.1) is 0 Å². The van der Waals surface area contributed by atoms with Gasteiger partial charge in [-0.05, 0) is 11.5 Å². The first-order valence-corrected chi connectivity index (χ1v) is 4.47. The van der Waals surface area contributed by atoms with E-state index >= 15 is 0 Å². The number of rotatable bonds is 1. The summed E-state index contributed by atoms with van der Waals surface area (Å²) in [6.45, 7) is 1.36. The number of carbonyl (C=O) groups is 1. The molecule has 0 fully saturated rings. The fourth-order valence-corrected chi connectivity index (χ4v) is 1.37. The molecule has 2 aromatic rings. The van der Waals surface area contributed by atoms with Crippen LogP contribution >= 0.6 is 0 Å². The third kappa shape index (κ3) is 1.88. The highest BCUT2D eigenvalue weighted by molar-refractivity contribution is 5.90. The van der Waals surface area contributed by atoms with E-state index in [0.29, 0.717) is 5.39 Å². The Balaban J connectivity index is 2.62. The molecule has 4 nitrogen and oxygen atoms in total. The van der Waals surface area contributed by atoms with Gasteiger partial charge in [0.25, 0.3) is 0 Å². The minimum Gasteiger partial charge on any atom is -0.406 e. The molecule has 0 saturated carbocycles. The first kappa shape index (κ1) is 9.45. The second kappa shape index (κ2) is 3.57. The highest BCUT2D eigenvalue weighted by atomic mass is 16.4. The second-order valence-corrected chi connectivity index (χ2v) is 3.17. The SMILES string of the molecule is CC(=O)Nc1cc2ccccc2c(=O)o1. The lowest BCUT2D eigenvalue weighted by Gasteiger charge is -2.01. The van der Waals surface area contributed by atoms with Crippen molar-refractivity contribution in [2.24, 2.45) is 0 Å². The van der Waals surface area contributed by atoms with Crippen LogP contribution in [0.4, 0.5) is 5.88 Å². The molecule has 0 spiro atoms. The topological polar surface area (TPSA) is 59.3 Å². The first-order chi connectivity index (χ1) is 7.16. The summed E-state index contributed by atoms with van der Waals surface area (Å²) in [6, 6.07) is 8.67. The van der Waals surface area contributed by atoms with Crippen LogP contribution in [0.15, 0.2) is 39.5 Å². The van der Waals surface area contributed by atoms with E-state index in [0.717, 1.165) is 5.39 Å². The zero-order chi connectivity index (χ0) is 10.8. The van der Waals surface area contributed by atoms with Gasteiger partial charge in [0.1, 0.15) is 0 Å². The maximum absolute atomic E-state index is 11.5. The number of benzene rings is 1. The number of hydrogen-bond acceptors (Lipinski definition) is 3. The zero-order valence-corrected chi connectivity index (χ0v) is 8.11. The van der Waals surface area contributed by atoms with Crippen LogP contribution in [-0.4, -0.2) is 5.91 Å². The van der Waals surface area contributed by atoms with Crippen molar-refractivity contribution < 1.29 is 9.21 Å². The molecule has 0 aliphatic carbocycles. The van der Waals surface area contributed by atoms with Crippen LogP contribution in [0.1, 0.15) is 6.92 Å². The molecule has 1 N–H and O–H groups in total. The van der Waals surface area contributed by atoms with Crippen molar-refractivity contribution in [3.05, 3.63) is 40.8 Å². The van der Waals surface area contributed by atoms with Gasteiger partial charge >= 0.3 is 5.63 Å². The Morgan fingerprint density at radius 2 is 2.07 bits per heavy atom. The maximum Gasteiger partial charge on any atom is 0.345 e. The number of hydrogen-bond donors (Lipinski definition) is 1. The van der Waals surface area contributed by atoms with Crippen molar-refractivity contribution in [1.29, 1.82) is 0 Å². The van der Waals surface area contributed by atoms with E-state index in [4.69, 9.17) is 4.42 Å². The fourth-order valence-electron chi connectivity index (χ4n) is 1.37. The van der Waals surface area contributed by atoms with Gasteiger partial charge in [0, 0.05) is 13.0 Å². The van der Waals surface area contributed by atoms with Gasteiger partial charge in [0.2, 0.25) is 11.8 Å². The molecule has 0 aliphatic heterocycles. The molecule has 0 radical (unpaired) electrons. The third-order valence-electron chi connectivity index (χ3n) is 1.97. The Morgan fingerprint density at radius 3 is 2.80 bits per heavy atom. The monoisotopic (exact) mass is 203 g/mol. The average molecular weight is 203 g/mol. The smallest absolute Gasteiger partial charge is 0.345 e. The van der Waals surface area contributed by atoms with E-state index in [9.17, 15) is 9.59 Å². The van der Waals surface area contributed by atoms with Gasteiger partial charge in [-0.25, -0.2) is 4.79 Å². The summed E-state index contributed by atoms with van der Waals surface area (Å²) < 4.78 is 4.91. The molecule has 1 heterocycles. The van der Waals surface area contributed by atoms with Gasteiger partial charge in [-0.15, -0.1) is 0 Å². The van der Waals surface area contributed by atoms with E-state index in [1.807, 2.05) is 6.07 Å². The van der Waals surface area contributed by atoms with Crippen LogP contribution < -0.4 is 10.9 Å². The van der Waals surface area contributed by atoms with Crippen LogP contribution in [-0.2, 0) is 4.79 Å². The number of anilines is 1. The Morgan fingerprint density at radius 1 is 1.33 bits per heavy atom. The lowest BCUT2D eigenvalue weighted by atomic mass is 10.2. The Hall–Kier alpha value is -2.10. The van der Waals surface area contributed by atoms with Crippen LogP contribution in [0.2, 0.25) is 0 Å². The molecule has 0 bridgehead atoms. The molecule has 1 aromatic heterocycles. The molecule has 0 atom stereocenters. The summed E-state index contributed by atoms with van der Waals surface area (Å²) >= 11 is 0. The van der Waals surface area contributed by atoms with Gasteiger partial charge in [0.15, 0.2) is 0 Å². The minimum absolute atomic E-state index is 0.172. The van der Waals surface area contributed by atoms with Crippen molar-refractivity contribution >= 4 is 22.6 Å². The summed E-state index contributed by atoms with van der Waals surface area (Å²) in [4.78, 5) is 22.3. The van der Waals surface area contributed by atoms with Crippen LogP contribution in [0.25, 0.3) is 10.8 Å². The third-order valence-corrected chi connectivity index (χ3v) is 1.97.